The number of hydrogen-bond donors (Lipinski definition) is 0. The van der Waals surface area contributed by atoms with Gasteiger partial charge in [0, 0.05) is 30.8 Å². The number of ether oxygens (including phenoxy) is 1. The second kappa shape index (κ2) is 7.48. The van der Waals surface area contributed by atoms with E-state index in [2.05, 4.69) is 0 Å². The third-order valence-corrected chi connectivity index (χ3v) is 4.52. The van der Waals surface area contributed by atoms with Crippen molar-refractivity contribution in [3.8, 4) is 0 Å². The van der Waals surface area contributed by atoms with Gasteiger partial charge in [0.2, 0.25) is 0 Å². The van der Waals surface area contributed by atoms with Crippen LogP contribution >= 0.6 is 24.0 Å². The van der Waals surface area contributed by atoms with Gasteiger partial charge in [-0.25, -0.2) is 0 Å². The largest absolute Gasteiger partial charge is 0.378 e. The zero-order chi connectivity index (χ0) is 15.2. The third-order valence-electron chi connectivity index (χ3n) is 3.00. The van der Waals surface area contributed by atoms with E-state index in [1.54, 1.807) is 0 Å². The number of non-ortho nitro benzene ring substituents is 1. The average Bonchev–Trinajstić information content (AvgIpc) is 2.53. The molecule has 1 aromatic carbocycles. The van der Waals surface area contributed by atoms with Crippen molar-refractivity contribution in [2.45, 2.75) is 0 Å². The van der Waals surface area contributed by atoms with E-state index in [1.165, 1.54) is 36.0 Å². The second-order valence-electron chi connectivity index (χ2n) is 4.38. The van der Waals surface area contributed by atoms with Gasteiger partial charge in [-0.1, -0.05) is 24.0 Å². The molecule has 6 nitrogen and oxygen atoms in total. The Morgan fingerprint density at radius 3 is 2.52 bits per heavy atom. The first kappa shape index (κ1) is 15.9. The number of hydrogen-bond acceptors (Lipinski definition) is 6. The summed E-state index contributed by atoms with van der Waals surface area (Å²) in [6.07, 6.45) is 0. The van der Waals surface area contributed by atoms with Crippen molar-refractivity contribution in [3.63, 3.8) is 0 Å². The van der Waals surface area contributed by atoms with Gasteiger partial charge in [-0.2, -0.15) is 0 Å². The fraction of sp³-hybridized carbons (Fsp3) is 0.385. The summed E-state index contributed by atoms with van der Waals surface area (Å²) < 4.78 is 5.93. The maximum Gasteiger partial charge on any atom is 0.269 e. The smallest absolute Gasteiger partial charge is 0.269 e. The van der Waals surface area contributed by atoms with Gasteiger partial charge < -0.3 is 9.64 Å². The normalized spacial score (nSPS) is 14.8. The molecule has 2 rings (SSSR count). The molecule has 1 aliphatic heterocycles. The Balaban J connectivity index is 1.86. The minimum Gasteiger partial charge on any atom is -0.378 e. The second-order valence-corrected chi connectivity index (χ2v) is 5.99. The van der Waals surface area contributed by atoms with Gasteiger partial charge in [-0.15, -0.1) is 0 Å². The van der Waals surface area contributed by atoms with Crippen molar-refractivity contribution in [3.05, 3.63) is 39.9 Å². The molecule has 0 atom stereocenters. The lowest BCUT2D eigenvalue weighted by Crippen LogP contribution is -2.38. The van der Waals surface area contributed by atoms with Gasteiger partial charge >= 0.3 is 0 Å². The quantitative estimate of drug-likeness (QED) is 0.363. The van der Waals surface area contributed by atoms with E-state index >= 15 is 0 Å². The van der Waals surface area contributed by atoms with Crippen LogP contribution in [0.3, 0.4) is 0 Å². The fourth-order valence-electron chi connectivity index (χ4n) is 1.82. The maximum absolute atomic E-state index is 12.0. The summed E-state index contributed by atoms with van der Waals surface area (Å²) in [7, 11) is 0. The average molecular weight is 326 g/mol. The highest BCUT2D eigenvalue weighted by Crippen LogP contribution is 2.16. The Kier molecular flexibility index (Phi) is 5.66. The van der Waals surface area contributed by atoms with Crippen molar-refractivity contribution < 1.29 is 14.5 Å². The number of nitro benzene ring substituents is 1. The van der Waals surface area contributed by atoms with Crippen LogP contribution in [-0.4, -0.2) is 52.0 Å². The predicted octanol–water partition coefficient (Wildman–Crippen LogP) is 2.13. The molecule has 0 aromatic heterocycles. The zero-order valence-electron chi connectivity index (χ0n) is 11.2. The maximum atomic E-state index is 12.0. The lowest BCUT2D eigenvalue weighted by atomic mass is 10.1. The SMILES string of the molecule is O=C(CSC(=S)N1CCOCC1)c1ccc([N+](=O)[O-])cc1. The van der Waals surface area contributed by atoms with Crippen molar-refractivity contribution >= 4 is 39.8 Å². The summed E-state index contributed by atoms with van der Waals surface area (Å²) in [5, 5.41) is 10.6. The van der Waals surface area contributed by atoms with Gasteiger partial charge in [-0.3, -0.25) is 14.9 Å². The number of carbonyl (C=O) groups excluding carboxylic acids is 1. The summed E-state index contributed by atoms with van der Waals surface area (Å²) in [4.78, 5) is 24.1. The van der Waals surface area contributed by atoms with Crippen LogP contribution in [0.15, 0.2) is 24.3 Å². The number of Topliss-reactive ketones (excluding diaryl/α,β-unsaturated/α-hetero) is 1. The number of morpholine rings is 1. The number of rotatable bonds is 4. The molecule has 112 valence electrons. The van der Waals surface area contributed by atoms with E-state index in [0.29, 0.717) is 23.1 Å². The number of ketones is 1. The molecular formula is C13H14N2O4S2. The number of nitrogens with zero attached hydrogens (tertiary/aromatic N) is 2. The Bertz CT molecular complexity index is 542. The molecule has 0 saturated carbocycles. The highest BCUT2D eigenvalue weighted by Gasteiger charge is 2.16. The van der Waals surface area contributed by atoms with E-state index in [9.17, 15) is 14.9 Å². The summed E-state index contributed by atoms with van der Waals surface area (Å²) >= 11 is 6.60. The molecule has 8 heteroatoms. The van der Waals surface area contributed by atoms with E-state index in [0.717, 1.165) is 13.1 Å². The summed E-state index contributed by atoms with van der Waals surface area (Å²) in [6, 6.07) is 5.61. The molecule has 0 N–H and O–H groups in total. The van der Waals surface area contributed by atoms with Crippen LogP contribution in [0.5, 0.6) is 0 Å². The molecule has 1 aliphatic rings. The van der Waals surface area contributed by atoms with E-state index in [4.69, 9.17) is 17.0 Å². The van der Waals surface area contributed by atoms with Crippen molar-refractivity contribution in [1.29, 1.82) is 0 Å². The number of nitro groups is 1. The van der Waals surface area contributed by atoms with E-state index in [1.807, 2.05) is 4.90 Å². The Morgan fingerprint density at radius 2 is 1.95 bits per heavy atom. The molecule has 0 bridgehead atoms. The number of carbonyl (C=O) groups is 1. The van der Waals surface area contributed by atoms with Crippen LogP contribution in [0.2, 0.25) is 0 Å². The number of thiocarbonyl (C=S) groups is 1. The van der Waals surface area contributed by atoms with E-state index < -0.39 is 4.92 Å². The van der Waals surface area contributed by atoms with Gasteiger partial charge in [0.15, 0.2) is 5.78 Å². The minimum absolute atomic E-state index is 0.0250. The molecule has 0 radical (unpaired) electrons. The fourth-order valence-corrected chi connectivity index (χ4v) is 2.96. The first-order valence-electron chi connectivity index (χ1n) is 6.35. The monoisotopic (exact) mass is 326 g/mol. The van der Waals surface area contributed by atoms with Crippen LogP contribution in [0, 0.1) is 10.1 Å². The minimum atomic E-state index is -0.490. The van der Waals surface area contributed by atoms with Crippen LogP contribution < -0.4 is 0 Å². The Morgan fingerprint density at radius 1 is 1.33 bits per heavy atom. The molecule has 0 aliphatic carbocycles. The highest BCUT2D eigenvalue weighted by atomic mass is 32.2. The number of thioether (sulfide) groups is 1. The molecule has 1 heterocycles. The number of benzene rings is 1. The molecule has 0 amide bonds. The first-order valence-corrected chi connectivity index (χ1v) is 7.74. The predicted molar refractivity (Wildman–Crippen MR) is 84.9 cm³/mol. The highest BCUT2D eigenvalue weighted by molar-refractivity contribution is 8.23. The van der Waals surface area contributed by atoms with Crippen LogP contribution in [0.4, 0.5) is 5.69 Å². The molecule has 1 saturated heterocycles. The molecule has 0 spiro atoms. The third kappa shape index (κ3) is 4.48. The molecular weight excluding hydrogens is 312 g/mol. The summed E-state index contributed by atoms with van der Waals surface area (Å²) in [5.41, 5.74) is 0.431. The Labute approximate surface area is 131 Å². The molecule has 1 aromatic rings. The van der Waals surface area contributed by atoms with Gasteiger partial charge in [0.05, 0.1) is 23.9 Å². The van der Waals surface area contributed by atoms with Crippen molar-refractivity contribution in [2.75, 3.05) is 32.1 Å². The Hall–Kier alpha value is -1.51. The summed E-state index contributed by atoms with van der Waals surface area (Å²) in [6.45, 7) is 2.79. The zero-order valence-corrected chi connectivity index (χ0v) is 12.8. The lowest BCUT2D eigenvalue weighted by Gasteiger charge is -2.28. The lowest BCUT2D eigenvalue weighted by molar-refractivity contribution is -0.384. The molecule has 1 fully saturated rings. The van der Waals surface area contributed by atoms with Gasteiger partial charge in [0.1, 0.15) is 4.32 Å². The topological polar surface area (TPSA) is 72.7 Å². The standard InChI is InChI=1S/C13H14N2O4S2/c16-12(10-1-3-11(4-2-10)15(17)18)9-21-13(20)14-5-7-19-8-6-14/h1-4H,5-9H2. The first-order chi connectivity index (χ1) is 10.1. The van der Waals surface area contributed by atoms with Crippen LogP contribution in [-0.2, 0) is 4.74 Å². The van der Waals surface area contributed by atoms with E-state index in [-0.39, 0.29) is 17.2 Å². The molecule has 21 heavy (non-hydrogen) atoms. The van der Waals surface area contributed by atoms with Gasteiger partial charge in [0.25, 0.3) is 5.69 Å². The molecule has 0 unspecified atom stereocenters. The van der Waals surface area contributed by atoms with Crippen molar-refractivity contribution in [2.24, 2.45) is 0 Å². The van der Waals surface area contributed by atoms with Crippen molar-refractivity contribution in [1.82, 2.24) is 4.90 Å². The van der Waals surface area contributed by atoms with Crippen LogP contribution in [0.25, 0.3) is 0 Å². The van der Waals surface area contributed by atoms with Gasteiger partial charge in [-0.05, 0) is 12.1 Å². The summed E-state index contributed by atoms with van der Waals surface area (Å²) in [5.74, 6) is 0.138. The van der Waals surface area contributed by atoms with Crippen LogP contribution in [0.1, 0.15) is 10.4 Å².